The molecular formula is C16H23NO4. The Balaban J connectivity index is 2.07. The van der Waals surface area contributed by atoms with Gasteiger partial charge in [0.25, 0.3) is 0 Å². The maximum absolute atomic E-state index is 11.5. The zero-order valence-corrected chi connectivity index (χ0v) is 12.7. The molecule has 5 nitrogen and oxygen atoms in total. The number of benzene rings is 1. The van der Waals surface area contributed by atoms with E-state index in [-0.39, 0.29) is 18.3 Å². The van der Waals surface area contributed by atoms with Crippen molar-refractivity contribution >= 4 is 11.9 Å². The molecule has 1 amide bonds. The number of esters is 1. The molecule has 0 bridgehead atoms. The van der Waals surface area contributed by atoms with E-state index in [1.807, 2.05) is 31.2 Å². The molecule has 0 radical (unpaired) electrons. The molecule has 1 aromatic carbocycles. The molecule has 0 saturated carbocycles. The summed E-state index contributed by atoms with van der Waals surface area (Å²) < 4.78 is 10.3. The van der Waals surface area contributed by atoms with Gasteiger partial charge in [-0.3, -0.25) is 9.59 Å². The van der Waals surface area contributed by atoms with Crippen LogP contribution in [0.2, 0.25) is 0 Å². The van der Waals surface area contributed by atoms with Gasteiger partial charge in [0, 0.05) is 13.0 Å². The van der Waals surface area contributed by atoms with Crippen molar-refractivity contribution < 1.29 is 19.1 Å². The average Bonchev–Trinajstić information content (AvgIpc) is 2.44. The Morgan fingerprint density at radius 3 is 2.76 bits per heavy atom. The highest BCUT2D eigenvalue weighted by Crippen LogP contribution is 2.12. The van der Waals surface area contributed by atoms with E-state index in [0.717, 1.165) is 11.3 Å². The van der Waals surface area contributed by atoms with Crippen LogP contribution in [0.4, 0.5) is 0 Å². The minimum Gasteiger partial charge on any atom is -0.494 e. The molecule has 0 atom stereocenters. The first-order chi connectivity index (χ1) is 10.1. The Labute approximate surface area is 125 Å². The number of aryl methyl sites for hydroxylation is 1. The van der Waals surface area contributed by atoms with Crippen LogP contribution in [0.3, 0.4) is 0 Å². The van der Waals surface area contributed by atoms with Crippen LogP contribution in [-0.2, 0) is 14.3 Å². The summed E-state index contributed by atoms with van der Waals surface area (Å²) in [4.78, 5) is 22.6. The highest BCUT2D eigenvalue weighted by Gasteiger charge is 2.04. The van der Waals surface area contributed by atoms with Gasteiger partial charge < -0.3 is 14.8 Å². The highest BCUT2D eigenvalue weighted by atomic mass is 16.5. The standard InChI is InChI=1S/C16H23NO4/c1-3-20-16(19)9-10-17-15(18)8-5-11-21-14-7-4-6-13(2)12-14/h4,6-7,12H,3,5,8-11H2,1-2H3,(H,17,18). The average molecular weight is 293 g/mol. The highest BCUT2D eigenvalue weighted by molar-refractivity contribution is 5.77. The topological polar surface area (TPSA) is 64.6 Å². The van der Waals surface area contributed by atoms with E-state index in [1.54, 1.807) is 6.92 Å². The number of rotatable bonds is 9. The SMILES string of the molecule is CCOC(=O)CCNC(=O)CCCOc1cccc(C)c1. The van der Waals surface area contributed by atoms with Gasteiger partial charge in [-0.25, -0.2) is 0 Å². The third-order valence-electron chi connectivity index (χ3n) is 2.76. The maximum atomic E-state index is 11.5. The largest absolute Gasteiger partial charge is 0.494 e. The van der Waals surface area contributed by atoms with Gasteiger partial charge in [-0.05, 0) is 38.0 Å². The molecule has 0 aliphatic rings. The number of hydrogen-bond donors (Lipinski definition) is 1. The van der Waals surface area contributed by atoms with Crippen LogP contribution in [-0.4, -0.2) is 31.6 Å². The summed E-state index contributed by atoms with van der Waals surface area (Å²) in [6.07, 6.45) is 1.23. The molecule has 0 heterocycles. The molecular weight excluding hydrogens is 270 g/mol. The van der Waals surface area contributed by atoms with Crippen molar-refractivity contribution in [3.63, 3.8) is 0 Å². The second-order valence-corrected chi connectivity index (χ2v) is 4.67. The van der Waals surface area contributed by atoms with E-state index in [4.69, 9.17) is 9.47 Å². The second kappa shape index (κ2) is 9.80. The fourth-order valence-electron chi connectivity index (χ4n) is 1.75. The maximum Gasteiger partial charge on any atom is 0.307 e. The minimum absolute atomic E-state index is 0.0767. The first-order valence-electron chi connectivity index (χ1n) is 7.23. The van der Waals surface area contributed by atoms with E-state index in [0.29, 0.717) is 32.6 Å². The summed E-state index contributed by atoms with van der Waals surface area (Å²) in [5.74, 6) is 0.449. The van der Waals surface area contributed by atoms with E-state index < -0.39 is 0 Å². The smallest absolute Gasteiger partial charge is 0.307 e. The first kappa shape index (κ1) is 17.0. The summed E-state index contributed by atoms with van der Waals surface area (Å²) in [6, 6.07) is 7.79. The Kier molecular flexibility index (Phi) is 7.94. The Bertz CT molecular complexity index is 459. The molecule has 1 N–H and O–H groups in total. The third kappa shape index (κ3) is 7.97. The van der Waals surface area contributed by atoms with Crippen LogP contribution >= 0.6 is 0 Å². The van der Waals surface area contributed by atoms with E-state index in [9.17, 15) is 9.59 Å². The first-order valence-corrected chi connectivity index (χ1v) is 7.23. The molecule has 1 aromatic rings. The Morgan fingerprint density at radius 1 is 1.24 bits per heavy atom. The lowest BCUT2D eigenvalue weighted by atomic mass is 10.2. The van der Waals surface area contributed by atoms with Crippen molar-refractivity contribution in [3.8, 4) is 5.75 Å². The molecule has 0 spiro atoms. The molecule has 116 valence electrons. The van der Waals surface area contributed by atoms with Crippen LogP contribution in [0.25, 0.3) is 0 Å². The number of ether oxygens (including phenoxy) is 2. The predicted molar refractivity (Wildman–Crippen MR) is 80.2 cm³/mol. The van der Waals surface area contributed by atoms with Crippen LogP contribution in [0.5, 0.6) is 5.75 Å². The van der Waals surface area contributed by atoms with Crippen LogP contribution in [0.1, 0.15) is 31.7 Å². The summed E-state index contributed by atoms with van der Waals surface area (Å²) in [5, 5.41) is 2.68. The van der Waals surface area contributed by atoms with Crippen molar-refractivity contribution in [2.75, 3.05) is 19.8 Å². The third-order valence-corrected chi connectivity index (χ3v) is 2.76. The zero-order valence-electron chi connectivity index (χ0n) is 12.7. The molecule has 1 rings (SSSR count). The zero-order chi connectivity index (χ0) is 15.5. The molecule has 0 aromatic heterocycles. The molecule has 0 saturated heterocycles. The number of amides is 1. The molecule has 0 fully saturated rings. The van der Waals surface area contributed by atoms with E-state index >= 15 is 0 Å². The van der Waals surface area contributed by atoms with Crippen molar-refractivity contribution in [3.05, 3.63) is 29.8 Å². The van der Waals surface area contributed by atoms with Gasteiger partial charge in [0.1, 0.15) is 5.75 Å². The Morgan fingerprint density at radius 2 is 2.05 bits per heavy atom. The summed E-state index contributed by atoms with van der Waals surface area (Å²) in [6.45, 7) is 4.93. The molecule has 21 heavy (non-hydrogen) atoms. The number of hydrogen-bond acceptors (Lipinski definition) is 4. The lowest BCUT2D eigenvalue weighted by Crippen LogP contribution is -2.26. The van der Waals surface area contributed by atoms with Gasteiger partial charge in [-0.2, -0.15) is 0 Å². The van der Waals surface area contributed by atoms with Gasteiger partial charge in [-0.15, -0.1) is 0 Å². The fourth-order valence-corrected chi connectivity index (χ4v) is 1.75. The minimum atomic E-state index is -0.291. The summed E-state index contributed by atoms with van der Waals surface area (Å²) >= 11 is 0. The van der Waals surface area contributed by atoms with Gasteiger partial charge in [0.15, 0.2) is 0 Å². The fraction of sp³-hybridized carbons (Fsp3) is 0.500. The van der Waals surface area contributed by atoms with Crippen molar-refractivity contribution in [2.24, 2.45) is 0 Å². The van der Waals surface area contributed by atoms with Gasteiger partial charge >= 0.3 is 5.97 Å². The molecule has 5 heteroatoms. The predicted octanol–water partition coefficient (Wildman–Crippen LogP) is 2.22. The lowest BCUT2D eigenvalue weighted by Gasteiger charge is -2.07. The number of carbonyl (C=O) groups excluding carboxylic acids is 2. The monoisotopic (exact) mass is 293 g/mol. The molecule has 0 aliphatic heterocycles. The van der Waals surface area contributed by atoms with Gasteiger partial charge in [0.2, 0.25) is 5.91 Å². The van der Waals surface area contributed by atoms with Crippen LogP contribution < -0.4 is 10.1 Å². The Hall–Kier alpha value is -2.04. The molecule has 0 unspecified atom stereocenters. The van der Waals surface area contributed by atoms with Crippen LogP contribution in [0, 0.1) is 6.92 Å². The quantitative estimate of drug-likeness (QED) is 0.560. The summed E-state index contributed by atoms with van der Waals surface area (Å²) in [7, 11) is 0. The van der Waals surface area contributed by atoms with E-state index in [2.05, 4.69) is 5.32 Å². The normalized spacial score (nSPS) is 10.0. The van der Waals surface area contributed by atoms with Crippen molar-refractivity contribution in [2.45, 2.75) is 33.1 Å². The second-order valence-electron chi connectivity index (χ2n) is 4.67. The van der Waals surface area contributed by atoms with Gasteiger partial charge in [0.05, 0.1) is 19.6 Å². The lowest BCUT2D eigenvalue weighted by molar-refractivity contribution is -0.143. The van der Waals surface area contributed by atoms with Crippen molar-refractivity contribution in [1.29, 1.82) is 0 Å². The number of nitrogens with one attached hydrogen (secondary N) is 1. The van der Waals surface area contributed by atoms with Crippen molar-refractivity contribution in [1.82, 2.24) is 5.32 Å². The van der Waals surface area contributed by atoms with E-state index in [1.165, 1.54) is 0 Å². The number of carbonyl (C=O) groups is 2. The van der Waals surface area contributed by atoms with Crippen LogP contribution in [0.15, 0.2) is 24.3 Å². The van der Waals surface area contributed by atoms with Gasteiger partial charge in [-0.1, -0.05) is 12.1 Å². The summed E-state index contributed by atoms with van der Waals surface area (Å²) in [5.41, 5.74) is 1.14. The molecule has 0 aliphatic carbocycles.